The number of nitrogens with one attached hydrogen (secondary N) is 1. The molecule has 1 amide bonds. The lowest BCUT2D eigenvalue weighted by atomic mass is 10.2. The third kappa shape index (κ3) is 4.21. The predicted molar refractivity (Wildman–Crippen MR) is 94.5 cm³/mol. The second kappa shape index (κ2) is 7.44. The number of carbonyl (C=O) groups excluding carboxylic acids is 1. The zero-order valence-corrected chi connectivity index (χ0v) is 13.9. The minimum absolute atomic E-state index is 0.108. The van der Waals surface area contributed by atoms with Crippen LogP contribution in [-0.2, 0) is 9.53 Å². The number of benzene rings is 1. The topological polar surface area (TPSA) is 41.6 Å². The van der Waals surface area contributed by atoms with Gasteiger partial charge in [-0.2, -0.15) is 0 Å². The first-order valence-electron chi connectivity index (χ1n) is 7.68. The monoisotopic (exact) mass is 328 g/mol. The summed E-state index contributed by atoms with van der Waals surface area (Å²) in [4.78, 5) is 15.7. The molecule has 1 aromatic heterocycles. The molecule has 1 aliphatic rings. The van der Waals surface area contributed by atoms with E-state index < -0.39 is 0 Å². The number of rotatable bonds is 4. The molecule has 0 aliphatic carbocycles. The van der Waals surface area contributed by atoms with Crippen molar-refractivity contribution in [2.24, 2.45) is 0 Å². The van der Waals surface area contributed by atoms with E-state index in [4.69, 9.17) is 4.74 Å². The van der Waals surface area contributed by atoms with E-state index in [0.29, 0.717) is 13.2 Å². The normalized spacial score (nSPS) is 15.5. The maximum atomic E-state index is 12.4. The van der Waals surface area contributed by atoms with E-state index in [9.17, 15) is 4.79 Å². The van der Waals surface area contributed by atoms with Crippen LogP contribution in [-0.4, -0.2) is 37.1 Å². The van der Waals surface area contributed by atoms with Crippen LogP contribution in [0, 0.1) is 6.92 Å². The van der Waals surface area contributed by atoms with E-state index in [-0.39, 0.29) is 5.91 Å². The van der Waals surface area contributed by atoms with Crippen LogP contribution < -0.4 is 5.32 Å². The highest BCUT2D eigenvalue weighted by molar-refractivity contribution is 7.11. The summed E-state index contributed by atoms with van der Waals surface area (Å²) in [6.45, 7) is 5.03. The van der Waals surface area contributed by atoms with Gasteiger partial charge in [0.2, 0.25) is 5.91 Å². The lowest BCUT2D eigenvalue weighted by Gasteiger charge is -2.30. The predicted octanol–water partition coefficient (Wildman–Crippen LogP) is 3.37. The van der Waals surface area contributed by atoms with Gasteiger partial charge in [-0.15, -0.1) is 11.3 Å². The maximum Gasteiger partial charge on any atom is 0.250 e. The van der Waals surface area contributed by atoms with Crippen LogP contribution in [0.5, 0.6) is 0 Å². The van der Waals surface area contributed by atoms with Crippen LogP contribution in [0.2, 0.25) is 0 Å². The first-order valence-corrected chi connectivity index (χ1v) is 8.56. The molecule has 2 aromatic rings. The lowest BCUT2D eigenvalue weighted by Crippen LogP contribution is -2.35. The van der Waals surface area contributed by atoms with Gasteiger partial charge in [-0.1, -0.05) is 23.8 Å². The van der Waals surface area contributed by atoms with Crippen molar-refractivity contribution < 1.29 is 9.53 Å². The maximum absolute atomic E-state index is 12.4. The van der Waals surface area contributed by atoms with Crippen molar-refractivity contribution in [3.05, 3.63) is 58.3 Å². The number of aryl methyl sites for hydroxylation is 1. The van der Waals surface area contributed by atoms with Crippen molar-refractivity contribution in [2.75, 3.05) is 31.6 Å². The molecule has 1 saturated heterocycles. The standard InChI is InChI=1S/C18H20N2O2S/c1-14-4-6-15(7-5-14)19-18(21)13-16(17-3-2-12-23-17)20-8-10-22-11-9-20/h2-7,12-13H,8-11H2,1H3,(H,19,21)/b16-13-. The molecule has 0 saturated carbocycles. The molecular weight excluding hydrogens is 308 g/mol. The van der Waals surface area contributed by atoms with Gasteiger partial charge in [0.05, 0.1) is 23.8 Å². The summed E-state index contributed by atoms with van der Waals surface area (Å²) in [6, 6.07) is 11.9. The van der Waals surface area contributed by atoms with Gasteiger partial charge in [-0.05, 0) is 30.5 Å². The van der Waals surface area contributed by atoms with Crippen molar-refractivity contribution in [1.82, 2.24) is 4.90 Å². The van der Waals surface area contributed by atoms with E-state index >= 15 is 0 Å². The van der Waals surface area contributed by atoms with Gasteiger partial charge in [-0.3, -0.25) is 4.79 Å². The first-order chi connectivity index (χ1) is 11.2. The molecule has 120 valence electrons. The smallest absolute Gasteiger partial charge is 0.250 e. The summed E-state index contributed by atoms with van der Waals surface area (Å²) in [6.07, 6.45) is 1.69. The van der Waals surface area contributed by atoms with Crippen molar-refractivity contribution in [1.29, 1.82) is 0 Å². The Balaban J connectivity index is 1.79. The molecule has 0 atom stereocenters. The Morgan fingerprint density at radius 2 is 1.96 bits per heavy atom. The Morgan fingerprint density at radius 1 is 1.22 bits per heavy atom. The molecule has 1 N–H and O–H groups in total. The van der Waals surface area contributed by atoms with Crippen molar-refractivity contribution in [3.63, 3.8) is 0 Å². The average Bonchev–Trinajstić information content (AvgIpc) is 3.10. The number of thiophene rings is 1. The molecule has 1 fully saturated rings. The van der Waals surface area contributed by atoms with Gasteiger partial charge in [-0.25, -0.2) is 0 Å². The van der Waals surface area contributed by atoms with Crippen LogP contribution in [0.4, 0.5) is 5.69 Å². The van der Waals surface area contributed by atoms with E-state index in [2.05, 4.69) is 10.2 Å². The summed E-state index contributed by atoms with van der Waals surface area (Å²) in [7, 11) is 0. The SMILES string of the molecule is Cc1ccc(NC(=O)/C=C(/c2cccs2)N2CCOCC2)cc1. The Morgan fingerprint density at radius 3 is 2.61 bits per heavy atom. The highest BCUT2D eigenvalue weighted by Gasteiger charge is 2.17. The number of nitrogens with zero attached hydrogens (tertiary/aromatic N) is 1. The van der Waals surface area contributed by atoms with Gasteiger partial charge < -0.3 is 15.0 Å². The first kappa shape index (κ1) is 15.8. The molecule has 0 radical (unpaired) electrons. The van der Waals surface area contributed by atoms with Crippen molar-refractivity contribution in [3.8, 4) is 0 Å². The Bertz CT molecular complexity index is 672. The number of hydrogen-bond acceptors (Lipinski definition) is 4. The molecule has 0 unspecified atom stereocenters. The number of carbonyl (C=O) groups is 1. The van der Waals surface area contributed by atoms with E-state index in [1.807, 2.05) is 48.7 Å². The molecular formula is C18H20N2O2S. The van der Waals surface area contributed by atoms with E-state index in [1.54, 1.807) is 17.4 Å². The summed E-state index contributed by atoms with van der Waals surface area (Å²) >= 11 is 1.64. The molecule has 1 aliphatic heterocycles. The molecule has 1 aromatic carbocycles. The number of ether oxygens (including phenoxy) is 1. The van der Waals surface area contributed by atoms with Crippen molar-refractivity contribution >= 4 is 28.6 Å². The zero-order chi connectivity index (χ0) is 16.1. The molecule has 23 heavy (non-hydrogen) atoms. The van der Waals surface area contributed by atoms with Gasteiger partial charge in [0.15, 0.2) is 0 Å². The van der Waals surface area contributed by atoms with Crippen LogP contribution in [0.15, 0.2) is 47.9 Å². The van der Waals surface area contributed by atoms with Crippen LogP contribution in [0.3, 0.4) is 0 Å². The second-order valence-corrected chi connectivity index (χ2v) is 6.41. The van der Waals surface area contributed by atoms with Gasteiger partial charge in [0, 0.05) is 24.9 Å². The lowest BCUT2D eigenvalue weighted by molar-refractivity contribution is -0.111. The largest absolute Gasteiger partial charge is 0.378 e. The average molecular weight is 328 g/mol. The number of amides is 1. The fourth-order valence-corrected chi connectivity index (χ4v) is 3.26. The fourth-order valence-electron chi connectivity index (χ4n) is 2.49. The van der Waals surface area contributed by atoms with E-state index in [0.717, 1.165) is 29.4 Å². The molecule has 0 bridgehead atoms. The quantitative estimate of drug-likeness (QED) is 0.875. The number of hydrogen-bond donors (Lipinski definition) is 1. The Labute approximate surface area is 140 Å². The summed E-state index contributed by atoms with van der Waals surface area (Å²) < 4.78 is 5.41. The highest BCUT2D eigenvalue weighted by Crippen LogP contribution is 2.25. The third-order valence-electron chi connectivity index (χ3n) is 3.71. The number of anilines is 1. The minimum Gasteiger partial charge on any atom is -0.378 e. The van der Waals surface area contributed by atoms with Crippen molar-refractivity contribution in [2.45, 2.75) is 6.92 Å². The Hall–Kier alpha value is -2.11. The number of morpholine rings is 1. The fraction of sp³-hybridized carbons (Fsp3) is 0.278. The third-order valence-corrected chi connectivity index (χ3v) is 4.60. The van der Waals surface area contributed by atoms with Crippen LogP contribution in [0.25, 0.3) is 5.70 Å². The molecule has 5 heteroatoms. The second-order valence-electron chi connectivity index (χ2n) is 5.46. The highest BCUT2D eigenvalue weighted by atomic mass is 32.1. The molecule has 3 rings (SSSR count). The molecule has 0 spiro atoms. The van der Waals surface area contributed by atoms with Gasteiger partial charge in [0.25, 0.3) is 0 Å². The minimum atomic E-state index is -0.108. The Kier molecular flexibility index (Phi) is 5.10. The van der Waals surface area contributed by atoms with Gasteiger partial charge in [0.1, 0.15) is 0 Å². The zero-order valence-electron chi connectivity index (χ0n) is 13.1. The van der Waals surface area contributed by atoms with Crippen LogP contribution in [0.1, 0.15) is 10.4 Å². The van der Waals surface area contributed by atoms with E-state index in [1.165, 1.54) is 5.56 Å². The summed E-state index contributed by atoms with van der Waals surface area (Å²) in [5.74, 6) is -0.108. The van der Waals surface area contributed by atoms with Crippen LogP contribution >= 0.6 is 11.3 Å². The summed E-state index contributed by atoms with van der Waals surface area (Å²) in [5, 5.41) is 4.96. The molecule has 4 nitrogen and oxygen atoms in total. The molecule has 2 heterocycles. The summed E-state index contributed by atoms with van der Waals surface area (Å²) in [5.41, 5.74) is 2.95. The van der Waals surface area contributed by atoms with Gasteiger partial charge >= 0.3 is 0 Å².